The van der Waals surface area contributed by atoms with Crippen molar-refractivity contribution in [3.8, 4) is 11.3 Å². The summed E-state index contributed by atoms with van der Waals surface area (Å²) in [5, 5.41) is 11.1. The number of amides is 1. The molecular formula is C15H16N2O2S. The number of carbonyl (C=O) groups excluding carboxylic acids is 1. The van der Waals surface area contributed by atoms with Crippen LogP contribution >= 0.6 is 11.3 Å². The number of aliphatic hydroxyl groups excluding tert-OH is 1. The van der Waals surface area contributed by atoms with Gasteiger partial charge in [0.25, 0.3) is 5.91 Å². The fourth-order valence-corrected chi connectivity index (χ4v) is 3.05. The van der Waals surface area contributed by atoms with Gasteiger partial charge in [-0.3, -0.25) is 4.79 Å². The highest BCUT2D eigenvalue weighted by atomic mass is 32.1. The van der Waals surface area contributed by atoms with E-state index in [1.54, 1.807) is 16.8 Å². The van der Waals surface area contributed by atoms with Gasteiger partial charge in [0, 0.05) is 42.1 Å². The van der Waals surface area contributed by atoms with Crippen LogP contribution in [0.4, 0.5) is 0 Å². The van der Waals surface area contributed by atoms with E-state index in [-0.39, 0.29) is 18.4 Å². The molecule has 0 saturated carbocycles. The third-order valence-corrected chi connectivity index (χ3v) is 4.28. The molecule has 104 valence electrons. The minimum atomic E-state index is 0.0470. The number of rotatable bonds is 3. The number of thiazole rings is 1. The van der Waals surface area contributed by atoms with Crippen LogP contribution in [-0.4, -0.2) is 40.6 Å². The van der Waals surface area contributed by atoms with Gasteiger partial charge < -0.3 is 10.0 Å². The van der Waals surface area contributed by atoms with Gasteiger partial charge in [-0.05, 0) is 18.6 Å². The van der Waals surface area contributed by atoms with Gasteiger partial charge in [0.1, 0.15) is 0 Å². The van der Waals surface area contributed by atoms with Crippen LogP contribution in [0.5, 0.6) is 0 Å². The van der Waals surface area contributed by atoms with Gasteiger partial charge in [0.15, 0.2) is 0 Å². The van der Waals surface area contributed by atoms with Crippen molar-refractivity contribution in [1.29, 1.82) is 0 Å². The van der Waals surface area contributed by atoms with Crippen molar-refractivity contribution in [1.82, 2.24) is 9.88 Å². The molecule has 5 heteroatoms. The fourth-order valence-electron chi connectivity index (χ4n) is 2.49. The van der Waals surface area contributed by atoms with Crippen LogP contribution in [0.15, 0.2) is 35.2 Å². The van der Waals surface area contributed by atoms with Crippen molar-refractivity contribution in [2.24, 2.45) is 5.92 Å². The fraction of sp³-hybridized carbons (Fsp3) is 0.333. The summed E-state index contributed by atoms with van der Waals surface area (Å²) in [4.78, 5) is 18.4. The summed E-state index contributed by atoms with van der Waals surface area (Å²) in [6, 6.07) is 7.57. The van der Waals surface area contributed by atoms with E-state index in [1.807, 2.05) is 34.5 Å². The minimum Gasteiger partial charge on any atom is -0.396 e. The molecule has 0 bridgehead atoms. The first-order valence-corrected chi connectivity index (χ1v) is 7.61. The zero-order chi connectivity index (χ0) is 13.9. The summed E-state index contributed by atoms with van der Waals surface area (Å²) in [6.45, 7) is 1.55. The lowest BCUT2D eigenvalue weighted by Crippen LogP contribution is -2.29. The SMILES string of the molecule is O=C(c1ccc(-c2cscn2)cc1)N1CCC(CO)C1. The van der Waals surface area contributed by atoms with Gasteiger partial charge in [-0.15, -0.1) is 11.3 Å². The molecule has 1 atom stereocenters. The Morgan fingerprint density at radius 1 is 1.40 bits per heavy atom. The average molecular weight is 288 g/mol. The molecule has 20 heavy (non-hydrogen) atoms. The van der Waals surface area contributed by atoms with Crippen molar-refractivity contribution < 1.29 is 9.90 Å². The van der Waals surface area contributed by atoms with Crippen molar-refractivity contribution in [2.45, 2.75) is 6.42 Å². The highest BCUT2D eigenvalue weighted by molar-refractivity contribution is 7.07. The Bertz CT molecular complexity index is 580. The normalized spacial score (nSPS) is 18.4. The molecule has 0 radical (unpaired) electrons. The molecule has 4 nitrogen and oxygen atoms in total. The third kappa shape index (κ3) is 2.59. The van der Waals surface area contributed by atoms with E-state index in [4.69, 9.17) is 5.11 Å². The monoisotopic (exact) mass is 288 g/mol. The maximum atomic E-state index is 12.3. The molecule has 1 unspecified atom stereocenters. The number of hydrogen-bond donors (Lipinski definition) is 1. The molecule has 1 fully saturated rings. The Morgan fingerprint density at radius 2 is 2.20 bits per heavy atom. The minimum absolute atomic E-state index is 0.0470. The van der Waals surface area contributed by atoms with E-state index < -0.39 is 0 Å². The highest BCUT2D eigenvalue weighted by Gasteiger charge is 2.26. The summed E-state index contributed by atoms with van der Waals surface area (Å²) in [7, 11) is 0. The van der Waals surface area contributed by atoms with E-state index in [9.17, 15) is 4.79 Å². The number of benzene rings is 1. The smallest absolute Gasteiger partial charge is 0.253 e. The van der Waals surface area contributed by atoms with Crippen molar-refractivity contribution in [3.63, 3.8) is 0 Å². The number of likely N-dealkylation sites (tertiary alicyclic amines) is 1. The Labute approximate surface area is 121 Å². The highest BCUT2D eigenvalue weighted by Crippen LogP contribution is 2.22. The van der Waals surface area contributed by atoms with E-state index in [1.165, 1.54) is 0 Å². The predicted molar refractivity (Wildman–Crippen MR) is 78.6 cm³/mol. The first-order chi connectivity index (χ1) is 9.78. The summed E-state index contributed by atoms with van der Waals surface area (Å²) < 4.78 is 0. The second-order valence-electron chi connectivity index (χ2n) is 5.04. The topological polar surface area (TPSA) is 53.4 Å². The van der Waals surface area contributed by atoms with Crippen LogP contribution in [0, 0.1) is 5.92 Å². The van der Waals surface area contributed by atoms with E-state index in [0.29, 0.717) is 12.1 Å². The molecule has 2 heterocycles. The number of nitrogens with zero attached hydrogens (tertiary/aromatic N) is 2. The second kappa shape index (κ2) is 5.73. The van der Waals surface area contributed by atoms with Gasteiger partial charge in [0.2, 0.25) is 0 Å². The van der Waals surface area contributed by atoms with E-state index in [2.05, 4.69) is 4.98 Å². The predicted octanol–water partition coefficient (Wildman–Crippen LogP) is 2.26. The van der Waals surface area contributed by atoms with E-state index in [0.717, 1.165) is 24.2 Å². The number of aromatic nitrogens is 1. The van der Waals surface area contributed by atoms with Gasteiger partial charge in [-0.25, -0.2) is 4.98 Å². The van der Waals surface area contributed by atoms with Crippen molar-refractivity contribution >= 4 is 17.2 Å². The molecule has 0 spiro atoms. The van der Waals surface area contributed by atoms with Crippen molar-refractivity contribution in [3.05, 3.63) is 40.7 Å². The van der Waals surface area contributed by atoms with Crippen LogP contribution in [0.25, 0.3) is 11.3 Å². The molecule has 1 aliphatic heterocycles. The van der Waals surface area contributed by atoms with Crippen LogP contribution in [0.3, 0.4) is 0 Å². The Kier molecular flexibility index (Phi) is 3.80. The van der Waals surface area contributed by atoms with Gasteiger partial charge in [-0.1, -0.05) is 12.1 Å². The summed E-state index contributed by atoms with van der Waals surface area (Å²) in [5.41, 5.74) is 4.46. The van der Waals surface area contributed by atoms with Gasteiger partial charge in [-0.2, -0.15) is 0 Å². The Balaban J connectivity index is 1.73. The maximum Gasteiger partial charge on any atom is 0.253 e. The number of aliphatic hydroxyl groups is 1. The van der Waals surface area contributed by atoms with E-state index >= 15 is 0 Å². The lowest BCUT2D eigenvalue weighted by molar-refractivity contribution is 0.0782. The van der Waals surface area contributed by atoms with Gasteiger partial charge in [0.05, 0.1) is 11.2 Å². The molecule has 1 amide bonds. The van der Waals surface area contributed by atoms with Gasteiger partial charge >= 0.3 is 0 Å². The summed E-state index contributed by atoms with van der Waals surface area (Å²) in [5.74, 6) is 0.277. The third-order valence-electron chi connectivity index (χ3n) is 3.69. The zero-order valence-corrected chi connectivity index (χ0v) is 11.8. The summed E-state index contributed by atoms with van der Waals surface area (Å²) in [6.07, 6.45) is 0.888. The lowest BCUT2D eigenvalue weighted by atomic mass is 10.1. The first-order valence-electron chi connectivity index (χ1n) is 6.66. The molecule has 1 aromatic heterocycles. The molecule has 1 N–H and O–H groups in total. The average Bonchev–Trinajstić information content (AvgIpc) is 3.18. The Morgan fingerprint density at radius 3 is 2.80 bits per heavy atom. The number of hydrogen-bond acceptors (Lipinski definition) is 4. The summed E-state index contributed by atoms with van der Waals surface area (Å²) >= 11 is 1.56. The molecular weight excluding hydrogens is 272 g/mol. The molecule has 0 aliphatic carbocycles. The molecule has 1 aliphatic rings. The van der Waals surface area contributed by atoms with Crippen molar-refractivity contribution in [2.75, 3.05) is 19.7 Å². The van der Waals surface area contributed by atoms with Crippen LogP contribution in [-0.2, 0) is 0 Å². The Hall–Kier alpha value is -1.72. The number of carbonyl (C=O) groups is 1. The maximum absolute atomic E-state index is 12.3. The molecule has 3 rings (SSSR count). The van der Waals surface area contributed by atoms with Crippen LogP contribution in [0.2, 0.25) is 0 Å². The molecule has 2 aromatic rings. The zero-order valence-electron chi connectivity index (χ0n) is 11.0. The first kappa shape index (κ1) is 13.3. The standard InChI is InChI=1S/C15H16N2O2S/c18-8-11-5-6-17(7-11)15(19)13-3-1-12(2-4-13)14-9-20-10-16-14/h1-4,9-11,18H,5-8H2. The largest absolute Gasteiger partial charge is 0.396 e. The lowest BCUT2D eigenvalue weighted by Gasteiger charge is -2.16. The molecule has 1 aromatic carbocycles. The second-order valence-corrected chi connectivity index (χ2v) is 5.76. The van der Waals surface area contributed by atoms with Crippen LogP contribution < -0.4 is 0 Å². The van der Waals surface area contributed by atoms with Crippen LogP contribution in [0.1, 0.15) is 16.8 Å². The molecule has 1 saturated heterocycles. The quantitative estimate of drug-likeness (QED) is 0.942.